The van der Waals surface area contributed by atoms with Crippen molar-refractivity contribution >= 4 is 15.8 Å². The van der Waals surface area contributed by atoms with E-state index in [1.807, 2.05) is 54.6 Å². The molecule has 1 unspecified atom stereocenters. The molecular weight excluding hydrogens is 370 g/mol. The van der Waals surface area contributed by atoms with Crippen LogP contribution in [0.3, 0.4) is 0 Å². The van der Waals surface area contributed by atoms with E-state index in [-0.39, 0.29) is 17.0 Å². The maximum atomic E-state index is 13.1. The lowest BCUT2D eigenvalue weighted by Gasteiger charge is -2.45. The zero-order valence-electron chi connectivity index (χ0n) is 15.9. The van der Waals surface area contributed by atoms with Crippen molar-refractivity contribution in [2.45, 2.75) is 31.4 Å². The van der Waals surface area contributed by atoms with Crippen LogP contribution in [0.25, 0.3) is 0 Å². The summed E-state index contributed by atoms with van der Waals surface area (Å²) in [5.74, 6) is 0.271. The van der Waals surface area contributed by atoms with Crippen molar-refractivity contribution in [2.75, 3.05) is 13.1 Å². The van der Waals surface area contributed by atoms with Gasteiger partial charge in [-0.25, -0.2) is 8.42 Å². The van der Waals surface area contributed by atoms with Gasteiger partial charge in [0.25, 0.3) is 0 Å². The molecule has 5 heteroatoms. The van der Waals surface area contributed by atoms with E-state index in [1.165, 1.54) is 5.56 Å². The van der Waals surface area contributed by atoms with Gasteiger partial charge in [0, 0.05) is 31.3 Å². The third-order valence-electron chi connectivity index (χ3n) is 5.94. The maximum Gasteiger partial charge on any atom is 0.218 e. The summed E-state index contributed by atoms with van der Waals surface area (Å²) in [7, 11) is -3.43. The summed E-state index contributed by atoms with van der Waals surface area (Å²) in [5.41, 5.74) is 2.83. The van der Waals surface area contributed by atoms with Gasteiger partial charge < -0.3 is 0 Å². The predicted octanol–water partition coefficient (Wildman–Crippen LogP) is 3.74. The van der Waals surface area contributed by atoms with E-state index in [0.717, 1.165) is 17.6 Å². The van der Waals surface area contributed by atoms with E-state index < -0.39 is 10.0 Å². The Morgan fingerprint density at radius 1 is 0.929 bits per heavy atom. The van der Waals surface area contributed by atoms with Crippen LogP contribution in [0, 0.1) is 5.41 Å². The number of Topliss-reactive ketones (excluding diaryl/α,β-unsaturated/α-hetero) is 1. The summed E-state index contributed by atoms with van der Waals surface area (Å²) in [6.07, 6.45) is 4.45. The van der Waals surface area contributed by atoms with Crippen molar-refractivity contribution in [1.29, 1.82) is 0 Å². The van der Waals surface area contributed by atoms with Gasteiger partial charge in [0.1, 0.15) is 5.78 Å². The molecule has 4 rings (SSSR count). The van der Waals surface area contributed by atoms with Gasteiger partial charge in [-0.05, 0) is 24.0 Å². The Labute approximate surface area is 166 Å². The number of ketones is 1. The fourth-order valence-electron chi connectivity index (χ4n) is 4.44. The van der Waals surface area contributed by atoms with E-state index in [0.29, 0.717) is 32.4 Å². The summed E-state index contributed by atoms with van der Waals surface area (Å²) >= 11 is 0. The summed E-state index contributed by atoms with van der Waals surface area (Å²) in [6.45, 7) is 0.810. The Bertz CT molecular complexity index is 983. The Hall–Kier alpha value is -2.24. The van der Waals surface area contributed by atoms with Crippen molar-refractivity contribution in [3.8, 4) is 0 Å². The first-order valence-corrected chi connectivity index (χ1v) is 11.3. The van der Waals surface area contributed by atoms with Crippen LogP contribution < -0.4 is 0 Å². The number of sulfonamides is 1. The summed E-state index contributed by atoms with van der Waals surface area (Å²) in [6, 6.07) is 19.5. The fraction of sp³-hybridized carbons (Fsp3) is 0.348. The molecule has 146 valence electrons. The fourth-order valence-corrected chi connectivity index (χ4v) is 5.99. The SMILES string of the molecule is O=C1CCC2(Cc3ccccc3)CN(S(=O)(=O)Cc3ccccc3)CC=C2C1. The monoisotopic (exact) mass is 395 g/mol. The van der Waals surface area contributed by atoms with Crippen LogP contribution in [0.1, 0.15) is 30.4 Å². The summed E-state index contributed by atoms with van der Waals surface area (Å²) < 4.78 is 27.8. The molecule has 1 aliphatic carbocycles. The smallest absolute Gasteiger partial charge is 0.218 e. The first-order chi connectivity index (χ1) is 13.5. The quantitative estimate of drug-likeness (QED) is 0.725. The van der Waals surface area contributed by atoms with Crippen LogP contribution >= 0.6 is 0 Å². The molecule has 2 aliphatic rings. The number of hydrogen-bond acceptors (Lipinski definition) is 3. The molecule has 1 saturated carbocycles. The van der Waals surface area contributed by atoms with Crippen LogP contribution in [0.4, 0.5) is 0 Å². The maximum absolute atomic E-state index is 13.1. The molecular formula is C23H25NO3S. The zero-order chi connectivity index (χ0) is 19.6. The molecule has 2 aromatic rings. The predicted molar refractivity (Wildman–Crippen MR) is 110 cm³/mol. The number of fused-ring (bicyclic) bond motifs is 1. The highest BCUT2D eigenvalue weighted by atomic mass is 32.2. The molecule has 1 aliphatic heterocycles. The molecule has 0 saturated heterocycles. The Balaban J connectivity index is 1.63. The molecule has 0 amide bonds. The van der Waals surface area contributed by atoms with Gasteiger partial charge in [-0.1, -0.05) is 72.3 Å². The van der Waals surface area contributed by atoms with Gasteiger partial charge >= 0.3 is 0 Å². The lowest BCUT2D eigenvalue weighted by Crippen LogP contribution is -2.49. The highest BCUT2D eigenvalue weighted by Gasteiger charge is 2.44. The number of carbonyl (C=O) groups is 1. The van der Waals surface area contributed by atoms with E-state index in [9.17, 15) is 13.2 Å². The van der Waals surface area contributed by atoms with Crippen LogP contribution in [0.2, 0.25) is 0 Å². The van der Waals surface area contributed by atoms with Crippen LogP contribution in [-0.2, 0) is 27.0 Å². The van der Waals surface area contributed by atoms with Gasteiger partial charge in [-0.15, -0.1) is 0 Å². The standard InChI is InChI=1S/C23H25NO3S/c25-22-11-13-23(16-19-7-3-1-4-8-19)18-24(14-12-21(23)15-22)28(26,27)17-20-9-5-2-6-10-20/h1-10,12H,11,13-18H2. The number of carbonyl (C=O) groups excluding carboxylic acids is 1. The topological polar surface area (TPSA) is 54.5 Å². The molecule has 0 N–H and O–H groups in total. The van der Waals surface area contributed by atoms with E-state index >= 15 is 0 Å². The normalized spacial score (nSPS) is 23.1. The van der Waals surface area contributed by atoms with Gasteiger partial charge in [-0.2, -0.15) is 4.31 Å². The number of hydrogen-bond donors (Lipinski definition) is 0. The number of rotatable bonds is 5. The molecule has 1 atom stereocenters. The molecule has 1 fully saturated rings. The van der Waals surface area contributed by atoms with E-state index in [2.05, 4.69) is 12.1 Å². The van der Waals surface area contributed by atoms with E-state index in [4.69, 9.17) is 0 Å². The van der Waals surface area contributed by atoms with Crippen molar-refractivity contribution < 1.29 is 13.2 Å². The Morgan fingerprint density at radius 3 is 2.25 bits per heavy atom. The minimum Gasteiger partial charge on any atom is -0.299 e. The van der Waals surface area contributed by atoms with Gasteiger partial charge in [0.2, 0.25) is 10.0 Å². The van der Waals surface area contributed by atoms with Crippen molar-refractivity contribution in [2.24, 2.45) is 5.41 Å². The highest BCUT2D eigenvalue weighted by Crippen LogP contribution is 2.45. The van der Waals surface area contributed by atoms with Crippen LogP contribution in [0.15, 0.2) is 72.3 Å². The Morgan fingerprint density at radius 2 is 1.57 bits per heavy atom. The molecule has 0 spiro atoms. The van der Waals surface area contributed by atoms with E-state index in [1.54, 1.807) is 4.31 Å². The Kier molecular flexibility index (Phi) is 5.21. The molecule has 1 heterocycles. The minimum absolute atomic E-state index is 0.0113. The first-order valence-electron chi connectivity index (χ1n) is 9.74. The molecule has 0 aromatic heterocycles. The highest BCUT2D eigenvalue weighted by molar-refractivity contribution is 7.88. The number of nitrogens with zero attached hydrogens (tertiary/aromatic N) is 1. The molecule has 0 radical (unpaired) electrons. The minimum atomic E-state index is -3.43. The van der Waals surface area contributed by atoms with Crippen molar-refractivity contribution in [1.82, 2.24) is 4.31 Å². The summed E-state index contributed by atoms with van der Waals surface area (Å²) in [4.78, 5) is 12.1. The molecule has 28 heavy (non-hydrogen) atoms. The third kappa shape index (κ3) is 3.96. The summed E-state index contributed by atoms with van der Waals surface area (Å²) in [5, 5.41) is 0. The van der Waals surface area contributed by atoms with Crippen molar-refractivity contribution in [3.63, 3.8) is 0 Å². The average Bonchev–Trinajstić information content (AvgIpc) is 2.69. The first kappa shape index (κ1) is 19.1. The second kappa shape index (κ2) is 7.64. The second-order valence-electron chi connectivity index (χ2n) is 7.92. The zero-order valence-corrected chi connectivity index (χ0v) is 16.7. The van der Waals surface area contributed by atoms with Crippen LogP contribution in [0.5, 0.6) is 0 Å². The van der Waals surface area contributed by atoms with Gasteiger partial charge in [-0.3, -0.25) is 4.79 Å². The lowest BCUT2D eigenvalue weighted by molar-refractivity contribution is -0.120. The molecule has 4 nitrogen and oxygen atoms in total. The molecule has 2 aromatic carbocycles. The largest absolute Gasteiger partial charge is 0.299 e. The van der Waals surface area contributed by atoms with Gasteiger partial charge in [0.05, 0.1) is 5.75 Å². The second-order valence-corrected chi connectivity index (χ2v) is 9.89. The average molecular weight is 396 g/mol. The van der Waals surface area contributed by atoms with Crippen LogP contribution in [-0.4, -0.2) is 31.6 Å². The number of benzene rings is 2. The lowest BCUT2D eigenvalue weighted by atomic mass is 9.65. The van der Waals surface area contributed by atoms with Gasteiger partial charge in [0.15, 0.2) is 0 Å². The molecule has 0 bridgehead atoms. The third-order valence-corrected chi connectivity index (χ3v) is 7.71. The van der Waals surface area contributed by atoms with Crippen molar-refractivity contribution in [3.05, 3.63) is 83.4 Å².